The van der Waals surface area contributed by atoms with Crippen LogP contribution in [-0.2, 0) is 4.74 Å². The molecule has 1 aliphatic rings. The lowest BCUT2D eigenvalue weighted by Gasteiger charge is -2.06. The monoisotopic (exact) mass is 243 g/mol. The molecule has 1 aliphatic heterocycles. The summed E-state index contributed by atoms with van der Waals surface area (Å²) in [6, 6.07) is 1.93. The molecule has 0 aromatic heterocycles. The zero-order valence-corrected chi connectivity index (χ0v) is 9.51. The van der Waals surface area contributed by atoms with Gasteiger partial charge in [-0.15, -0.1) is 0 Å². The molecule has 1 atom stereocenters. The van der Waals surface area contributed by atoms with Gasteiger partial charge in [0.2, 0.25) is 5.90 Å². The van der Waals surface area contributed by atoms with Gasteiger partial charge in [-0.2, -0.15) is 0 Å². The zero-order chi connectivity index (χ0) is 12.6. The van der Waals surface area contributed by atoms with Crippen LogP contribution in [0.15, 0.2) is 17.1 Å². The topological polar surface area (TPSA) is 21.6 Å². The molecule has 0 saturated carbocycles. The van der Waals surface area contributed by atoms with Crippen LogP contribution in [0.1, 0.15) is 19.4 Å². The molecule has 0 fully saturated rings. The summed E-state index contributed by atoms with van der Waals surface area (Å²) in [5.41, 5.74) is -0.132. The highest BCUT2D eigenvalue weighted by atomic mass is 19.2. The van der Waals surface area contributed by atoms with E-state index in [0.29, 0.717) is 6.61 Å². The van der Waals surface area contributed by atoms with Crippen LogP contribution in [0.5, 0.6) is 0 Å². The molecule has 0 aliphatic carbocycles. The van der Waals surface area contributed by atoms with E-state index in [0.717, 1.165) is 12.1 Å². The van der Waals surface area contributed by atoms with Gasteiger partial charge >= 0.3 is 0 Å². The first-order valence-electron chi connectivity index (χ1n) is 5.35. The average Bonchev–Trinajstić information content (AvgIpc) is 2.75. The van der Waals surface area contributed by atoms with Gasteiger partial charge in [-0.05, 0) is 18.1 Å². The van der Waals surface area contributed by atoms with E-state index in [1.807, 2.05) is 13.8 Å². The molecule has 0 spiro atoms. The van der Waals surface area contributed by atoms with Gasteiger partial charge in [-0.3, -0.25) is 0 Å². The average molecular weight is 243 g/mol. The van der Waals surface area contributed by atoms with Crippen molar-refractivity contribution in [3.05, 3.63) is 35.1 Å². The van der Waals surface area contributed by atoms with Gasteiger partial charge in [0.25, 0.3) is 0 Å². The van der Waals surface area contributed by atoms with Gasteiger partial charge in [0.15, 0.2) is 17.5 Å². The molecule has 1 heterocycles. The van der Waals surface area contributed by atoms with E-state index in [4.69, 9.17) is 4.74 Å². The molecular weight excluding hydrogens is 231 g/mol. The number of halogens is 3. The highest BCUT2D eigenvalue weighted by Crippen LogP contribution is 2.21. The zero-order valence-electron chi connectivity index (χ0n) is 9.51. The van der Waals surface area contributed by atoms with E-state index in [1.54, 1.807) is 0 Å². The first kappa shape index (κ1) is 12.0. The minimum Gasteiger partial charge on any atom is -0.475 e. The largest absolute Gasteiger partial charge is 0.475 e. The van der Waals surface area contributed by atoms with Crippen molar-refractivity contribution in [1.29, 1.82) is 0 Å². The van der Waals surface area contributed by atoms with E-state index in [2.05, 4.69) is 4.99 Å². The van der Waals surface area contributed by atoms with Crippen LogP contribution in [0.25, 0.3) is 0 Å². The Labute approximate surface area is 97.1 Å². The Morgan fingerprint density at radius 3 is 2.53 bits per heavy atom. The van der Waals surface area contributed by atoms with Crippen LogP contribution in [0.2, 0.25) is 0 Å². The lowest BCUT2D eigenvalue weighted by atomic mass is 10.1. The number of hydrogen-bond donors (Lipinski definition) is 0. The fourth-order valence-corrected chi connectivity index (χ4v) is 1.57. The molecule has 0 bridgehead atoms. The van der Waals surface area contributed by atoms with Crippen molar-refractivity contribution in [1.82, 2.24) is 0 Å². The van der Waals surface area contributed by atoms with Crippen LogP contribution >= 0.6 is 0 Å². The molecule has 2 rings (SSSR count). The first-order chi connectivity index (χ1) is 8.00. The molecule has 0 radical (unpaired) electrons. The number of rotatable bonds is 2. The van der Waals surface area contributed by atoms with E-state index < -0.39 is 17.5 Å². The van der Waals surface area contributed by atoms with Crippen LogP contribution < -0.4 is 0 Å². The second-order valence-electron chi connectivity index (χ2n) is 4.28. The SMILES string of the molecule is CC(C)[C@H]1COC(c2ccc(F)c(F)c2F)=N1. The quantitative estimate of drug-likeness (QED) is 0.732. The lowest BCUT2D eigenvalue weighted by Crippen LogP contribution is -2.13. The Hall–Kier alpha value is -1.52. The number of nitrogens with zero attached hydrogens (tertiary/aromatic N) is 1. The summed E-state index contributed by atoms with van der Waals surface area (Å²) in [5, 5.41) is 0. The van der Waals surface area contributed by atoms with Crippen molar-refractivity contribution < 1.29 is 17.9 Å². The Morgan fingerprint density at radius 2 is 1.94 bits per heavy atom. The number of benzene rings is 1. The van der Waals surface area contributed by atoms with E-state index in [1.165, 1.54) is 0 Å². The Morgan fingerprint density at radius 1 is 1.24 bits per heavy atom. The predicted molar refractivity (Wildman–Crippen MR) is 57.4 cm³/mol. The van der Waals surface area contributed by atoms with Crippen LogP contribution in [-0.4, -0.2) is 18.5 Å². The standard InChI is InChI=1S/C12H12F3NO/c1-6(2)9-5-17-12(16-9)7-3-4-8(13)11(15)10(7)14/h3-4,6,9H,5H2,1-2H3/t9-/m1/s1. The van der Waals surface area contributed by atoms with Crippen molar-refractivity contribution in [2.45, 2.75) is 19.9 Å². The minimum atomic E-state index is -1.50. The maximum Gasteiger partial charge on any atom is 0.219 e. The van der Waals surface area contributed by atoms with Crippen LogP contribution in [0, 0.1) is 23.4 Å². The van der Waals surface area contributed by atoms with E-state index in [9.17, 15) is 13.2 Å². The number of hydrogen-bond acceptors (Lipinski definition) is 2. The fourth-order valence-electron chi connectivity index (χ4n) is 1.57. The van der Waals surface area contributed by atoms with Crippen molar-refractivity contribution >= 4 is 5.90 Å². The summed E-state index contributed by atoms with van der Waals surface area (Å²) in [4.78, 5) is 4.15. The number of aliphatic imine (C=N–C) groups is 1. The summed E-state index contributed by atoms with van der Waals surface area (Å²) >= 11 is 0. The Kier molecular flexibility index (Phi) is 3.09. The van der Waals surface area contributed by atoms with Gasteiger partial charge < -0.3 is 4.74 Å². The maximum absolute atomic E-state index is 13.5. The first-order valence-corrected chi connectivity index (χ1v) is 5.35. The second-order valence-corrected chi connectivity index (χ2v) is 4.28. The van der Waals surface area contributed by atoms with Gasteiger partial charge in [-0.25, -0.2) is 18.2 Å². The van der Waals surface area contributed by atoms with Gasteiger partial charge in [-0.1, -0.05) is 13.8 Å². The third kappa shape index (κ3) is 2.14. The molecular formula is C12H12F3NO. The normalized spacial score (nSPS) is 19.4. The Balaban J connectivity index is 2.37. The van der Waals surface area contributed by atoms with Crippen molar-refractivity contribution in [3.63, 3.8) is 0 Å². The third-order valence-electron chi connectivity index (χ3n) is 2.71. The van der Waals surface area contributed by atoms with E-state index >= 15 is 0 Å². The molecule has 0 saturated heterocycles. The van der Waals surface area contributed by atoms with Crippen molar-refractivity contribution in [3.8, 4) is 0 Å². The third-order valence-corrected chi connectivity index (χ3v) is 2.71. The molecule has 0 unspecified atom stereocenters. The smallest absolute Gasteiger partial charge is 0.219 e. The summed E-state index contributed by atoms with van der Waals surface area (Å²) in [6.07, 6.45) is 0. The molecule has 92 valence electrons. The Bertz CT molecular complexity index is 471. The molecule has 2 nitrogen and oxygen atoms in total. The predicted octanol–water partition coefficient (Wildman–Crippen LogP) is 2.91. The van der Waals surface area contributed by atoms with Crippen molar-refractivity contribution in [2.24, 2.45) is 10.9 Å². The minimum absolute atomic E-state index is 0.0418. The molecule has 0 amide bonds. The molecule has 1 aromatic rings. The highest BCUT2D eigenvalue weighted by Gasteiger charge is 2.26. The second kappa shape index (κ2) is 4.39. The molecule has 1 aromatic carbocycles. The fraction of sp³-hybridized carbons (Fsp3) is 0.417. The molecule has 17 heavy (non-hydrogen) atoms. The van der Waals surface area contributed by atoms with Gasteiger partial charge in [0.05, 0.1) is 11.6 Å². The summed E-state index contributed by atoms with van der Waals surface area (Å²) in [6.45, 7) is 4.26. The number of ether oxygens (including phenoxy) is 1. The molecule has 5 heteroatoms. The lowest BCUT2D eigenvalue weighted by molar-refractivity contribution is 0.290. The van der Waals surface area contributed by atoms with Gasteiger partial charge in [0, 0.05) is 0 Å². The summed E-state index contributed by atoms with van der Waals surface area (Å²) in [7, 11) is 0. The van der Waals surface area contributed by atoms with Gasteiger partial charge in [0.1, 0.15) is 6.61 Å². The van der Waals surface area contributed by atoms with Crippen LogP contribution in [0.3, 0.4) is 0 Å². The highest BCUT2D eigenvalue weighted by molar-refractivity contribution is 5.95. The molecule has 0 N–H and O–H groups in total. The maximum atomic E-state index is 13.5. The van der Waals surface area contributed by atoms with E-state index in [-0.39, 0.29) is 23.4 Å². The van der Waals surface area contributed by atoms with Crippen molar-refractivity contribution in [2.75, 3.05) is 6.61 Å². The summed E-state index contributed by atoms with van der Waals surface area (Å²) in [5.74, 6) is -3.68. The van der Waals surface area contributed by atoms with Crippen LogP contribution in [0.4, 0.5) is 13.2 Å². The summed E-state index contributed by atoms with van der Waals surface area (Å²) < 4.78 is 44.5.